The number of carbonyl (C=O) groups is 1. The number of hydrogen-bond donors (Lipinski definition) is 1. The molecule has 0 spiro atoms. The van der Waals surface area contributed by atoms with Crippen LogP contribution in [0.1, 0.15) is 78.2 Å². The maximum atomic E-state index is 13.2. The van der Waals surface area contributed by atoms with Crippen LogP contribution in [-0.2, 0) is 10.0 Å². The van der Waals surface area contributed by atoms with E-state index in [-0.39, 0.29) is 22.4 Å². The van der Waals surface area contributed by atoms with Gasteiger partial charge in [-0.25, -0.2) is 14.7 Å². The highest BCUT2D eigenvalue weighted by atomic mass is 32.2. The molecule has 4 rings (SSSR count). The highest BCUT2D eigenvalue weighted by molar-refractivity contribution is 7.90. The first-order valence-corrected chi connectivity index (χ1v) is 13.7. The molecule has 0 radical (unpaired) electrons. The van der Waals surface area contributed by atoms with Crippen LogP contribution < -0.4 is 9.46 Å². The third-order valence-corrected chi connectivity index (χ3v) is 8.07. The molecule has 0 atom stereocenters. The number of benzene rings is 1. The van der Waals surface area contributed by atoms with Crippen molar-refractivity contribution in [2.75, 3.05) is 0 Å². The van der Waals surface area contributed by atoms with Crippen molar-refractivity contribution in [3.63, 3.8) is 0 Å². The number of amides is 1. The molecule has 190 valence electrons. The van der Waals surface area contributed by atoms with E-state index in [2.05, 4.69) is 23.6 Å². The number of pyridine rings is 2. The zero-order valence-corrected chi connectivity index (χ0v) is 22.3. The van der Waals surface area contributed by atoms with Gasteiger partial charge in [0.1, 0.15) is 11.3 Å². The zero-order chi connectivity index (χ0) is 26.1. The van der Waals surface area contributed by atoms with Crippen molar-refractivity contribution in [3.05, 3.63) is 76.6 Å². The summed E-state index contributed by atoms with van der Waals surface area (Å²) in [7, 11) is -4.16. The van der Waals surface area contributed by atoms with E-state index in [4.69, 9.17) is 9.72 Å². The minimum atomic E-state index is -4.16. The number of carbonyl (C=O) groups excluding carboxylic acids is 1. The van der Waals surface area contributed by atoms with Crippen molar-refractivity contribution in [1.29, 1.82) is 0 Å². The van der Waals surface area contributed by atoms with E-state index < -0.39 is 15.9 Å². The first kappa shape index (κ1) is 25.8. The number of ether oxygens (including phenoxy) is 1. The number of sulfonamides is 1. The second-order valence-electron chi connectivity index (χ2n) is 10.5. The van der Waals surface area contributed by atoms with Gasteiger partial charge in [-0.3, -0.25) is 4.79 Å². The van der Waals surface area contributed by atoms with Crippen molar-refractivity contribution in [3.8, 4) is 11.6 Å². The molecule has 0 aliphatic heterocycles. The van der Waals surface area contributed by atoms with Gasteiger partial charge in [-0.1, -0.05) is 37.6 Å². The summed E-state index contributed by atoms with van der Waals surface area (Å²) >= 11 is 0. The maximum absolute atomic E-state index is 13.2. The van der Waals surface area contributed by atoms with Crippen LogP contribution >= 0.6 is 0 Å². The Labute approximate surface area is 213 Å². The first-order valence-electron chi connectivity index (χ1n) is 12.2. The minimum absolute atomic E-state index is 0.0498. The molecule has 1 saturated carbocycles. The van der Waals surface area contributed by atoms with Crippen LogP contribution in [0.5, 0.6) is 11.6 Å². The van der Waals surface area contributed by atoms with Crippen LogP contribution in [0.4, 0.5) is 0 Å². The van der Waals surface area contributed by atoms with Gasteiger partial charge in [-0.05, 0) is 87.3 Å². The number of aromatic nitrogens is 2. The molecule has 36 heavy (non-hydrogen) atoms. The first-order chi connectivity index (χ1) is 16.9. The monoisotopic (exact) mass is 507 g/mol. The van der Waals surface area contributed by atoms with E-state index >= 15 is 0 Å². The van der Waals surface area contributed by atoms with Gasteiger partial charge >= 0.3 is 0 Å². The average molecular weight is 508 g/mol. The Hall–Kier alpha value is -3.26. The molecule has 7 nitrogen and oxygen atoms in total. The smallest absolute Gasteiger partial charge is 0.281 e. The molecule has 0 bridgehead atoms. The van der Waals surface area contributed by atoms with Crippen molar-refractivity contribution in [2.24, 2.45) is 5.41 Å². The van der Waals surface area contributed by atoms with Crippen molar-refractivity contribution in [2.45, 2.75) is 71.2 Å². The molecule has 1 aliphatic carbocycles. The molecule has 8 heteroatoms. The molecule has 1 amide bonds. The van der Waals surface area contributed by atoms with Gasteiger partial charge in [-0.2, -0.15) is 8.42 Å². The lowest BCUT2D eigenvalue weighted by Gasteiger charge is -2.34. The third-order valence-electron chi connectivity index (χ3n) is 6.83. The van der Waals surface area contributed by atoms with Crippen molar-refractivity contribution in [1.82, 2.24) is 14.7 Å². The molecule has 3 aromatic rings. The topological polar surface area (TPSA) is 98.2 Å². The Kier molecular flexibility index (Phi) is 7.18. The summed E-state index contributed by atoms with van der Waals surface area (Å²) in [5, 5.41) is -0.236. The lowest BCUT2D eigenvalue weighted by molar-refractivity contribution is 0.0978. The van der Waals surface area contributed by atoms with Gasteiger partial charge in [0.15, 0.2) is 5.03 Å². The Morgan fingerprint density at radius 1 is 1.03 bits per heavy atom. The Morgan fingerprint density at radius 2 is 1.69 bits per heavy atom. The highest BCUT2D eigenvalue weighted by Gasteiger charge is 2.30. The van der Waals surface area contributed by atoms with Gasteiger partial charge in [0.25, 0.3) is 15.9 Å². The molecule has 1 fully saturated rings. The van der Waals surface area contributed by atoms with Gasteiger partial charge in [0, 0.05) is 17.8 Å². The molecule has 2 heterocycles. The second kappa shape index (κ2) is 10.0. The fraction of sp³-hybridized carbons (Fsp3) is 0.393. The van der Waals surface area contributed by atoms with Crippen LogP contribution in [0.3, 0.4) is 0 Å². The summed E-state index contributed by atoms with van der Waals surface area (Å²) in [6.07, 6.45) is 5.55. The summed E-state index contributed by atoms with van der Waals surface area (Å²) in [6, 6.07) is 11.9. The summed E-state index contributed by atoms with van der Waals surface area (Å²) < 4.78 is 33.9. The number of rotatable bonds is 6. The molecule has 0 saturated heterocycles. The van der Waals surface area contributed by atoms with Crippen LogP contribution in [0.15, 0.2) is 53.7 Å². The number of nitrogens with one attached hydrogen (secondary N) is 1. The largest absolute Gasteiger partial charge is 0.438 e. The quantitative estimate of drug-likeness (QED) is 0.440. The molecule has 2 aromatic heterocycles. The maximum Gasteiger partial charge on any atom is 0.281 e. The van der Waals surface area contributed by atoms with Crippen molar-refractivity contribution >= 4 is 15.9 Å². The number of nitrogens with zero attached hydrogens (tertiary/aromatic N) is 2. The van der Waals surface area contributed by atoms with Gasteiger partial charge in [0.2, 0.25) is 5.88 Å². The predicted octanol–water partition coefficient (Wildman–Crippen LogP) is 6.00. The highest BCUT2D eigenvalue weighted by Crippen LogP contribution is 2.42. The summed E-state index contributed by atoms with van der Waals surface area (Å²) in [6.45, 7) is 10.4. The number of aryl methyl sites for hydroxylation is 3. The molecular formula is C28H33N3O4S. The Bertz CT molecular complexity index is 1350. The Balaban J connectivity index is 1.71. The molecular weight excluding hydrogens is 474 g/mol. The van der Waals surface area contributed by atoms with Crippen LogP contribution in [0, 0.1) is 26.2 Å². The molecule has 0 unspecified atom stereocenters. The lowest BCUT2D eigenvalue weighted by atomic mass is 9.72. The van der Waals surface area contributed by atoms with E-state index in [0.29, 0.717) is 11.2 Å². The molecule has 1 N–H and O–H groups in total. The predicted molar refractivity (Wildman–Crippen MR) is 139 cm³/mol. The van der Waals surface area contributed by atoms with E-state index in [0.717, 1.165) is 48.1 Å². The van der Waals surface area contributed by atoms with E-state index in [1.165, 1.54) is 12.3 Å². The van der Waals surface area contributed by atoms with Gasteiger partial charge in [-0.15, -0.1) is 0 Å². The summed E-state index contributed by atoms with van der Waals surface area (Å²) in [4.78, 5) is 21.8. The lowest BCUT2D eigenvalue weighted by Crippen LogP contribution is -2.31. The number of hydrogen-bond acceptors (Lipinski definition) is 6. The van der Waals surface area contributed by atoms with E-state index in [1.807, 2.05) is 39.0 Å². The third kappa shape index (κ3) is 5.75. The molecule has 1 aliphatic rings. The van der Waals surface area contributed by atoms with Crippen LogP contribution in [0.25, 0.3) is 0 Å². The van der Waals surface area contributed by atoms with Gasteiger partial charge < -0.3 is 4.74 Å². The van der Waals surface area contributed by atoms with Gasteiger partial charge in [0.05, 0.1) is 0 Å². The zero-order valence-electron chi connectivity index (χ0n) is 21.5. The molecule has 1 aromatic carbocycles. The Morgan fingerprint density at radius 3 is 2.31 bits per heavy atom. The van der Waals surface area contributed by atoms with E-state index in [9.17, 15) is 13.2 Å². The summed E-state index contributed by atoms with van der Waals surface area (Å²) in [5.74, 6) is 0.148. The SMILES string of the molecule is Cc1cc(C)c(Oc2nc(C3CCC(C)(C)CC3)ccc2C(=O)NS(=O)(=O)c2ccccn2)c(C)c1. The van der Waals surface area contributed by atoms with E-state index in [1.54, 1.807) is 18.2 Å². The van der Waals surface area contributed by atoms with Crippen LogP contribution in [0.2, 0.25) is 0 Å². The standard InChI is InChI=1S/C28H33N3O4S/c1-18-16-19(2)25(20(3)17-18)35-27-22(26(32)31-36(33,34)24-8-6-7-15-29-24)9-10-23(30-27)21-11-13-28(4,5)14-12-21/h6-10,15-17,21H,11-14H2,1-5H3,(H,31,32). The fourth-order valence-electron chi connectivity index (χ4n) is 4.79. The normalized spacial score (nSPS) is 15.9. The fourth-order valence-corrected chi connectivity index (χ4v) is 5.70. The average Bonchev–Trinajstić information content (AvgIpc) is 2.81. The van der Waals surface area contributed by atoms with Crippen molar-refractivity contribution < 1.29 is 17.9 Å². The second-order valence-corrected chi connectivity index (χ2v) is 12.1. The minimum Gasteiger partial charge on any atom is -0.438 e. The van der Waals surface area contributed by atoms with Crippen LogP contribution in [-0.4, -0.2) is 24.3 Å². The summed E-state index contributed by atoms with van der Waals surface area (Å²) in [5.41, 5.74) is 4.13.